The zero-order valence-corrected chi connectivity index (χ0v) is 22.2. The van der Waals surface area contributed by atoms with Crippen LogP contribution >= 0.6 is 0 Å². The molecule has 1 saturated heterocycles. The molecule has 10 nitrogen and oxygen atoms in total. The number of rotatable bonds is 3. The van der Waals surface area contributed by atoms with Gasteiger partial charge in [-0.05, 0) is 55.4 Å². The summed E-state index contributed by atoms with van der Waals surface area (Å²) in [5.41, 5.74) is 8.14. The largest absolute Gasteiger partial charge is 0.458 e. The van der Waals surface area contributed by atoms with Crippen LogP contribution in [0.25, 0.3) is 22.3 Å². The van der Waals surface area contributed by atoms with Crippen LogP contribution in [0.5, 0.6) is 0 Å². The second-order valence-electron chi connectivity index (χ2n) is 11.4. The molecule has 0 bridgehead atoms. The predicted octanol–water partition coefficient (Wildman–Crippen LogP) is 1.43. The Labute approximate surface area is 228 Å². The normalized spacial score (nSPS) is 26.9. The summed E-state index contributed by atoms with van der Waals surface area (Å²) in [6.07, 6.45) is 0.662. The van der Waals surface area contributed by atoms with E-state index in [2.05, 4.69) is 0 Å². The first-order chi connectivity index (χ1) is 19.0. The fourth-order valence-electron chi connectivity index (χ4n) is 7.32. The zero-order valence-electron chi connectivity index (χ0n) is 22.2. The summed E-state index contributed by atoms with van der Waals surface area (Å²) in [7, 11) is 0. The highest BCUT2D eigenvalue weighted by Crippen LogP contribution is 2.48. The zero-order chi connectivity index (χ0) is 28.2. The number of cyclic esters (lactones) is 1. The summed E-state index contributed by atoms with van der Waals surface area (Å²) in [6, 6.07) is 2.04. The number of aromatic nitrogens is 2. The van der Waals surface area contributed by atoms with Gasteiger partial charge in [0.15, 0.2) is 5.60 Å². The van der Waals surface area contributed by atoms with Crippen LogP contribution in [0.1, 0.15) is 65.6 Å². The van der Waals surface area contributed by atoms with Crippen molar-refractivity contribution in [1.82, 2.24) is 14.5 Å². The molecule has 11 heteroatoms. The summed E-state index contributed by atoms with van der Waals surface area (Å²) in [5, 5.41) is 22.5. The highest BCUT2D eigenvalue weighted by molar-refractivity contribution is 5.93. The molecule has 2 aromatic heterocycles. The Kier molecular flexibility index (Phi) is 5.33. The van der Waals surface area contributed by atoms with Gasteiger partial charge in [0.1, 0.15) is 12.4 Å². The number of pyridine rings is 2. The van der Waals surface area contributed by atoms with Crippen molar-refractivity contribution in [1.29, 1.82) is 0 Å². The van der Waals surface area contributed by atoms with E-state index in [-0.39, 0.29) is 61.1 Å². The number of aryl methyl sites for hydroxylation is 1. The van der Waals surface area contributed by atoms with Gasteiger partial charge in [0.2, 0.25) is 5.91 Å². The molecular formula is C29H29FN4O6. The Balaban J connectivity index is 1.52. The topological polar surface area (TPSA) is 148 Å². The highest BCUT2D eigenvalue weighted by atomic mass is 19.1. The van der Waals surface area contributed by atoms with Crippen molar-refractivity contribution in [2.45, 2.75) is 76.5 Å². The highest BCUT2D eigenvalue weighted by Gasteiger charge is 2.47. The first-order valence-electron chi connectivity index (χ1n) is 13.6. The summed E-state index contributed by atoms with van der Waals surface area (Å²) in [6.45, 7) is 3.58. The minimum atomic E-state index is -1.96. The Morgan fingerprint density at radius 3 is 2.77 bits per heavy atom. The molecule has 5 heterocycles. The Morgan fingerprint density at radius 2 is 2.05 bits per heavy atom. The fourth-order valence-corrected chi connectivity index (χ4v) is 7.32. The number of halogens is 1. The molecule has 3 aliphatic heterocycles. The van der Waals surface area contributed by atoms with Crippen LogP contribution in [-0.2, 0) is 39.5 Å². The molecule has 4 N–H and O–H groups in total. The van der Waals surface area contributed by atoms with E-state index >= 15 is 4.39 Å². The number of aliphatic hydroxyl groups excluding tert-OH is 1. The van der Waals surface area contributed by atoms with Crippen molar-refractivity contribution >= 4 is 22.8 Å². The number of likely N-dealkylation sites (tertiary alicyclic amines) is 1. The maximum atomic E-state index is 15.1. The van der Waals surface area contributed by atoms with Gasteiger partial charge in [0, 0.05) is 35.2 Å². The third kappa shape index (κ3) is 3.19. The van der Waals surface area contributed by atoms with Gasteiger partial charge in [0.25, 0.3) is 5.56 Å². The van der Waals surface area contributed by atoms with Crippen LogP contribution in [0.2, 0.25) is 0 Å². The smallest absolute Gasteiger partial charge is 0.343 e. The van der Waals surface area contributed by atoms with Gasteiger partial charge < -0.3 is 25.3 Å². The number of esters is 1. The van der Waals surface area contributed by atoms with Gasteiger partial charge in [0.05, 0.1) is 41.2 Å². The van der Waals surface area contributed by atoms with Crippen LogP contribution in [-0.4, -0.2) is 55.2 Å². The van der Waals surface area contributed by atoms with E-state index in [4.69, 9.17) is 15.5 Å². The molecule has 40 heavy (non-hydrogen) atoms. The van der Waals surface area contributed by atoms with Crippen LogP contribution in [0.15, 0.2) is 16.9 Å². The number of β-amino-alcohol motifs (C(OH)–C–C–N with tert-alkyl or cyclic N) is 1. The number of aliphatic hydroxyl groups is 2. The summed E-state index contributed by atoms with van der Waals surface area (Å²) in [5.74, 6) is -1.70. The number of benzene rings is 1. The van der Waals surface area contributed by atoms with Crippen molar-refractivity contribution in [2.24, 2.45) is 5.73 Å². The monoisotopic (exact) mass is 548 g/mol. The molecule has 0 saturated carbocycles. The van der Waals surface area contributed by atoms with Gasteiger partial charge in [-0.3, -0.25) is 14.5 Å². The van der Waals surface area contributed by atoms with Crippen LogP contribution in [0.4, 0.5) is 4.39 Å². The molecule has 0 spiro atoms. The van der Waals surface area contributed by atoms with Crippen molar-refractivity contribution in [3.63, 3.8) is 0 Å². The molecule has 4 atom stereocenters. The maximum Gasteiger partial charge on any atom is 0.343 e. The molecule has 1 aromatic carbocycles. The van der Waals surface area contributed by atoms with E-state index in [1.165, 1.54) is 6.07 Å². The lowest BCUT2D eigenvalue weighted by atomic mass is 9.80. The quantitative estimate of drug-likeness (QED) is 0.326. The minimum Gasteiger partial charge on any atom is -0.458 e. The molecule has 208 valence electrons. The van der Waals surface area contributed by atoms with Gasteiger partial charge in [-0.1, -0.05) is 6.92 Å². The van der Waals surface area contributed by atoms with E-state index in [0.29, 0.717) is 35.3 Å². The number of ether oxygens (including phenoxy) is 1. The van der Waals surface area contributed by atoms with Crippen LogP contribution in [0, 0.1) is 12.7 Å². The number of amides is 1. The second-order valence-corrected chi connectivity index (χ2v) is 11.4. The first kappa shape index (κ1) is 25.3. The molecule has 1 amide bonds. The van der Waals surface area contributed by atoms with Gasteiger partial charge >= 0.3 is 5.97 Å². The third-order valence-electron chi connectivity index (χ3n) is 9.39. The summed E-state index contributed by atoms with van der Waals surface area (Å²) in [4.78, 5) is 45.5. The molecule has 2 unspecified atom stereocenters. The lowest BCUT2D eigenvalue weighted by molar-refractivity contribution is -0.172. The molecule has 1 aliphatic carbocycles. The van der Waals surface area contributed by atoms with Crippen LogP contribution in [0.3, 0.4) is 0 Å². The number of carbonyl (C=O) groups is 2. The minimum absolute atomic E-state index is 0.0205. The number of nitrogens with two attached hydrogens (primary N) is 1. The van der Waals surface area contributed by atoms with Gasteiger partial charge in [-0.2, -0.15) is 0 Å². The fraction of sp³-hybridized carbons (Fsp3) is 0.448. The number of primary amides is 1. The molecular weight excluding hydrogens is 519 g/mol. The molecule has 3 aromatic rings. The average molecular weight is 549 g/mol. The van der Waals surface area contributed by atoms with Crippen molar-refractivity contribution in [3.05, 3.63) is 61.7 Å². The van der Waals surface area contributed by atoms with E-state index in [9.17, 15) is 24.6 Å². The molecule has 1 fully saturated rings. The average Bonchev–Trinajstić information content (AvgIpc) is 3.50. The second kappa shape index (κ2) is 8.42. The maximum absolute atomic E-state index is 15.1. The number of fused-ring (bicyclic) bond motifs is 5. The van der Waals surface area contributed by atoms with Crippen molar-refractivity contribution < 1.29 is 28.9 Å². The van der Waals surface area contributed by atoms with E-state index in [0.717, 1.165) is 22.1 Å². The third-order valence-corrected chi connectivity index (χ3v) is 9.39. The lowest BCUT2D eigenvalue weighted by Gasteiger charge is -2.37. The standard InChI is InChI=1S/C29H29FN4O6/c1-3-29(39)17-7-21-25-15(10-34(21)27(37)16(17)11-40-28(29)38)24-20(33-9-13(35)6-22(33)26(31)36)5-4-14-12(2)18(30)8-19(32-25)23(14)24/h7-8,13,20,22,35,39H,3-6,9-11H2,1-2H3,(H2,31,36)/t13?,20-,22?,29-/m0/s1. The number of hydrogen-bond acceptors (Lipinski definition) is 8. The molecule has 4 aliphatic rings. The van der Waals surface area contributed by atoms with Crippen molar-refractivity contribution in [2.75, 3.05) is 6.54 Å². The predicted molar refractivity (Wildman–Crippen MR) is 141 cm³/mol. The SMILES string of the molecule is CC[C@@]1(O)C(=O)OCc2c1cc1n(c2=O)Cc2c-1nc1cc(F)c(C)c3c1c2[C@@H](N1CC(O)CC1C(N)=O)CC3. The molecule has 0 radical (unpaired) electrons. The number of hydrogen-bond donors (Lipinski definition) is 3. The van der Waals surface area contributed by atoms with Gasteiger partial charge in [-0.25, -0.2) is 14.2 Å². The summed E-state index contributed by atoms with van der Waals surface area (Å²) < 4.78 is 21.9. The Morgan fingerprint density at radius 1 is 1.27 bits per heavy atom. The molecule has 7 rings (SSSR count). The van der Waals surface area contributed by atoms with E-state index < -0.39 is 29.6 Å². The van der Waals surface area contributed by atoms with Crippen molar-refractivity contribution in [3.8, 4) is 11.4 Å². The Hall–Kier alpha value is -3.67. The first-order valence-corrected chi connectivity index (χ1v) is 13.6. The number of carbonyl (C=O) groups excluding carboxylic acids is 2. The Bertz CT molecular complexity index is 1730. The van der Waals surface area contributed by atoms with Gasteiger partial charge in [-0.15, -0.1) is 0 Å². The number of nitrogens with zero attached hydrogens (tertiary/aromatic N) is 3. The summed E-state index contributed by atoms with van der Waals surface area (Å²) >= 11 is 0. The lowest BCUT2D eigenvalue weighted by Crippen LogP contribution is -2.44. The van der Waals surface area contributed by atoms with E-state index in [1.807, 2.05) is 4.90 Å². The van der Waals surface area contributed by atoms with E-state index in [1.54, 1.807) is 24.5 Å². The van der Waals surface area contributed by atoms with Crippen LogP contribution < -0.4 is 11.3 Å².